The summed E-state index contributed by atoms with van der Waals surface area (Å²) in [5.74, 6) is -0.156. The van der Waals surface area contributed by atoms with E-state index in [1.165, 1.54) is 5.56 Å². The van der Waals surface area contributed by atoms with Crippen molar-refractivity contribution in [2.24, 2.45) is 0 Å². The van der Waals surface area contributed by atoms with Crippen molar-refractivity contribution >= 4 is 17.3 Å². The first-order valence-electron chi connectivity index (χ1n) is 8.02. The highest BCUT2D eigenvalue weighted by atomic mass is 16.5. The molecule has 24 heavy (non-hydrogen) atoms. The molecule has 2 aromatic rings. The van der Waals surface area contributed by atoms with Crippen LogP contribution >= 0.6 is 0 Å². The molecule has 5 nitrogen and oxygen atoms in total. The van der Waals surface area contributed by atoms with Crippen LogP contribution in [0.1, 0.15) is 21.5 Å². The fourth-order valence-electron chi connectivity index (χ4n) is 2.32. The lowest BCUT2D eigenvalue weighted by Crippen LogP contribution is -2.28. The first-order chi connectivity index (χ1) is 11.6. The Morgan fingerprint density at radius 3 is 2.58 bits per heavy atom. The second-order valence-electron chi connectivity index (χ2n) is 5.51. The molecule has 0 aromatic heterocycles. The summed E-state index contributed by atoms with van der Waals surface area (Å²) in [4.78, 5) is 12.4. The van der Waals surface area contributed by atoms with Gasteiger partial charge in [0, 0.05) is 12.2 Å². The zero-order valence-corrected chi connectivity index (χ0v) is 14.1. The highest BCUT2D eigenvalue weighted by molar-refractivity contribution is 6.00. The van der Waals surface area contributed by atoms with Crippen molar-refractivity contribution in [2.45, 2.75) is 13.8 Å². The number of rotatable bonds is 8. The molecular weight excluding hydrogens is 304 g/mol. The number of aliphatic hydroxyl groups excluding tert-OH is 1. The van der Waals surface area contributed by atoms with E-state index in [0.29, 0.717) is 18.7 Å². The SMILES string of the molecule is Cc1cccc(Nc2ccccc2C(=O)NCCOCCO)c1C. The quantitative estimate of drug-likeness (QED) is 0.652. The van der Waals surface area contributed by atoms with Crippen LogP contribution in [0.2, 0.25) is 0 Å². The molecule has 2 aromatic carbocycles. The van der Waals surface area contributed by atoms with Gasteiger partial charge in [-0.2, -0.15) is 0 Å². The van der Waals surface area contributed by atoms with Gasteiger partial charge in [0.05, 0.1) is 31.1 Å². The monoisotopic (exact) mass is 328 g/mol. The molecule has 0 saturated carbocycles. The van der Waals surface area contributed by atoms with E-state index >= 15 is 0 Å². The summed E-state index contributed by atoms with van der Waals surface area (Å²) < 4.78 is 5.14. The van der Waals surface area contributed by atoms with Gasteiger partial charge in [0.1, 0.15) is 0 Å². The second-order valence-corrected chi connectivity index (χ2v) is 5.51. The zero-order valence-electron chi connectivity index (χ0n) is 14.1. The summed E-state index contributed by atoms with van der Waals surface area (Å²) in [6.45, 7) is 5.15. The standard InChI is InChI=1S/C19H24N2O3/c1-14-6-5-9-17(15(14)2)21-18-8-4-3-7-16(18)19(23)20-10-12-24-13-11-22/h3-9,21-22H,10-13H2,1-2H3,(H,20,23). The molecule has 0 heterocycles. The van der Waals surface area contributed by atoms with Gasteiger partial charge in [0.2, 0.25) is 0 Å². The fourth-order valence-corrected chi connectivity index (χ4v) is 2.32. The van der Waals surface area contributed by atoms with Crippen LogP contribution in [0, 0.1) is 13.8 Å². The van der Waals surface area contributed by atoms with E-state index in [4.69, 9.17) is 9.84 Å². The van der Waals surface area contributed by atoms with Crippen LogP contribution in [0.5, 0.6) is 0 Å². The predicted octanol–water partition coefficient (Wildman–Crippen LogP) is 2.79. The Kier molecular flexibility index (Phi) is 6.78. The summed E-state index contributed by atoms with van der Waals surface area (Å²) in [6.07, 6.45) is 0. The predicted molar refractivity (Wildman–Crippen MR) is 95.9 cm³/mol. The molecule has 0 unspecified atom stereocenters. The summed E-state index contributed by atoms with van der Waals surface area (Å²) in [5, 5.41) is 14.8. The fraction of sp³-hybridized carbons (Fsp3) is 0.316. The van der Waals surface area contributed by atoms with Gasteiger partial charge in [-0.3, -0.25) is 4.79 Å². The molecule has 5 heteroatoms. The van der Waals surface area contributed by atoms with Gasteiger partial charge in [0.15, 0.2) is 0 Å². The van der Waals surface area contributed by atoms with Crippen LogP contribution < -0.4 is 10.6 Å². The van der Waals surface area contributed by atoms with Crippen molar-refractivity contribution in [2.75, 3.05) is 31.7 Å². The first kappa shape index (κ1) is 18.0. The highest BCUT2D eigenvalue weighted by Crippen LogP contribution is 2.25. The Morgan fingerprint density at radius 1 is 1.04 bits per heavy atom. The van der Waals surface area contributed by atoms with Gasteiger partial charge in [-0.05, 0) is 43.2 Å². The highest BCUT2D eigenvalue weighted by Gasteiger charge is 2.11. The molecule has 1 amide bonds. The third-order valence-corrected chi connectivity index (χ3v) is 3.81. The van der Waals surface area contributed by atoms with Gasteiger partial charge < -0.3 is 20.5 Å². The number of aliphatic hydroxyl groups is 1. The van der Waals surface area contributed by atoms with Crippen molar-refractivity contribution in [3.8, 4) is 0 Å². The molecule has 2 rings (SSSR count). The average Bonchev–Trinajstić information content (AvgIpc) is 2.59. The number of hydrogen-bond donors (Lipinski definition) is 3. The molecule has 0 aliphatic heterocycles. The van der Waals surface area contributed by atoms with Crippen molar-refractivity contribution < 1.29 is 14.6 Å². The van der Waals surface area contributed by atoms with E-state index < -0.39 is 0 Å². The second kappa shape index (κ2) is 9.05. The molecule has 0 aliphatic rings. The van der Waals surface area contributed by atoms with E-state index in [1.54, 1.807) is 6.07 Å². The van der Waals surface area contributed by atoms with E-state index in [2.05, 4.69) is 30.5 Å². The Hall–Kier alpha value is -2.37. The van der Waals surface area contributed by atoms with E-state index in [-0.39, 0.29) is 19.1 Å². The number of para-hydroxylation sites is 1. The van der Waals surface area contributed by atoms with Gasteiger partial charge in [-0.25, -0.2) is 0 Å². The molecule has 0 spiro atoms. The van der Waals surface area contributed by atoms with E-state index in [9.17, 15) is 4.79 Å². The Bertz CT molecular complexity index is 686. The lowest BCUT2D eigenvalue weighted by atomic mass is 10.1. The number of anilines is 2. The molecule has 0 radical (unpaired) electrons. The molecule has 0 aliphatic carbocycles. The maximum absolute atomic E-state index is 12.4. The van der Waals surface area contributed by atoms with Crippen LogP contribution in [0.25, 0.3) is 0 Å². The van der Waals surface area contributed by atoms with Crippen molar-refractivity contribution in [3.63, 3.8) is 0 Å². The molecule has 0 bridgehead atoms. The number of hydrogen-bond acceptors (Lipinski definition) is 4. The van der Waals surface area contributed by atoms with Crippen LogP contribution in [0.3, 0.4) is 0 Å². The third kappa shape index (κ3) is 4.81. The number of carbonyl (C=O) groups excluding carboxylic acids is 1. The van der Waals surface area contributed by atoms with Crippen molar-refractivity contribution in [1.29, 1.82) is 0 Å². The topological polar surface area (TPSA) is 70.6 Å². The van der Waals surface area contributed by atoms with Gasteiger partial charge >= 0.3 is 0 Å². The normalized spacial score (nSPS) is 10.5. The van der Waals surface area contributed by atoms with E-state index in [1.807, 2.05) is 30.3 Å². The zero-order chi connectivity index (χ0) is 17.4. The molecule has 0 atom stereocenters. The van der Waals surface area contributed by atoms with Crippen LogP contribution in [-0.2, 0) is 4.74 Å². The number of ether oxygens (including phenoxy) is 1. The largest absolute Gasteiger partial charge is 0.394 e. The van der Waals surface area contributed by atoms with Crippen molar-refractivity contribution in [1.82, 2.24) is 5.32 Å². The lowest BCUT2D eigenvalue weighted by Gasteiger charge is -2.15. The number of carbonyl (C=O) groups is 1. The number of benzene rings is 2. The number of nitrogens with one attached hydrogen (secondary N) is 2. The Labute approximate surface area is 142 Å². The van der Waals surface area contributed by atoms with Crippen molar-refractivity contribution in [3.05, 3.63) is 59.2 Å². The maximum Gasteiger partial charge on any atom is 0.253 e. The van der Waals surface area contributed by atoms with E-state index in [0.717, 1.165) is 16.9 Å². The summed E-state index contributed by atoms with van der Waals surface area (Å²) in [5.41, 5.74) is 4.69. The molecule has 128 valence electrons. The first-order valence-corrected chi connectivity index (χ1v) is 8.02. The number of amides is 1. The van der Waals surface area contributed by atoms with Gasteiger partial charge in [-0.15, -0.1) is 0 Å². The maximum atomic E-state index is 12.4. The van der Waals surface area contributed by atoms with Gasteiger partial charge in [-0.1, -0.05) is 24.3 Å². The lowest BCUT2D eigenvalue weighted by molar-refractivity contribution is 0.0838. The minimum absolute atomic E-state index is 0.0173. The molecule has 0 fully saturated rings. The minimum atomic E-state index is -0.156. The average molecular weight is 328 g/mol. The summed E-state index contributed by atoms with van der Waals surface area (Å²) in [7, 11) is 0. The van der Waals surface area contributed by atoms with Crippen LogP contribution in [0.4, 0.5) is 11.4 Å². The molecule has 3 N–H and O–H groups in total. The third-order valence-electron chi connectivity index (χ3n) is 3.81. The smallest absolute Gasteiger partial charge is 0.253 e. The number of aryl methyl sites for hydroxylation is 1. The van der Waals surface area contributed by atoms with Crippen LogP contribution in [0.15, 0.2) is 42.5 Å². The van der Waals surface area contributed by atoms with Gasteiger partial charge in [0.25, 0.3) is 5.91 Å². The summed E-state index contributed by atoms with van der Waals surface area (Å²) >= 11 is 0. The van der Waals surface area contributed by atoms with Crippen LogP contribution in [-0.4, -0.2) is 37.4 Å². The molecular formula is C19H24N2O3. The Balaban J connectivity index is 2.07. The summed E-state index contributed by atoms with van der Waals surface area (Å²) in [6, 6.07) is 13.5. The Morgan fingerprint density at radius 2 is 1.79 bits per heavy atom. The molecule has 0 saturated heterocycles. The minimum Gasteiger partial charge on any atom is -0.394 e.